The summed E-state index contributed by atoms with van der Waals surface area (Å²) >= 11 is 0. The van der Waals surface area contributed by atoms with Crippen molar-refractivity contribution in [1.82, 2.24) is 4.90 Å². The Morgan fingerprint density at radius 1 is 1.53 bits per heavy atom. The van der Waals surface area contributed by atoms with Gasteiger partial charge in [-0.1, -0.05) is 0 Å². The predicted molar refractivity (Wildman–Crippen MR) is 47.4 cm³/mol. The lowest BCUT2D eigenvalue weighted by Gasteiger charge is -2.35. The minimum absolute atomic E-state index is 0.104. The molecule has 0 aromatic rings. The van der Waals surface area contributed by atoms with E-state index in [2.05, 4.69) is 0 Å². The summed E-state index contributed by atoms with van der Waals surface area (Å²) in [4.78, 5) is 12.0. The smallest absolute Gasteiger partial charge is 0.393 e. The molecule has 0 bridgehead atoms. The lowest BCUT2D eigenvalue weighted by molar-refractivity contribution is -0.190. The van der Waals surface area contributed by atoms with Crippen molar-refractivity contribution in [3.05, 3.63) is 0 Å². The number of hydrogen-bond acceptors (Lipinski definition) is 2. The van der Waals surface area contributed by atoms with Crippen LogP contribution in [-0.4, -0.2) is 41.3 Å². The summed E-state index contributed by atoms with van der Waals surface area (Å²) in [6.45, 7) is 1.65. The number of likely N-dealkylation sites (tertiary alicyclic amines) is 1. The van der Waals surface area contributed by atoms with Crippen molar-refractivity contribution in [2.75, 3.05) is 13.1 Å². The first-order valence-electron chi connectivity index (χ1n) is 4.86. The third-order valence-corrected chi connectivity index (χ3v) is 2.82. The monoisotopic (exact) mass is 225 g/mol. The number of alkyl halides is 3. The number of aliphatic carboxylic acids is 1. The van der Waals surface area contributed by atoms with Crippen molar-refractivity contribution in [1.29, 1.82) is 0 Å². The number of carbonyl (C=O) groups is 1. The number of halogens is 3. The highest BCUT2D eigenvalue weighted by atomic mass is 19.4. The van der Waals surface area contributed by atoms with Crippen LogP contribution in [0, 0.1) is 5.92 Å². The topological polar surface area (TPSA) is 40.5 Å². The molecule has 0 saturated carbocycles. The largest absolute Gasteiger partial charge is 0.480 e. The zero-order valence-electron chi connectivity index (χ0n) is 8.42. The van der Waals surface area contributed by atoms with Crippen LogP contribution in [0.1, 0.15) is 19.8 Å². The predicted octanol–water partition coefficient (Wildman–Crippen LogP) is 1.73. The van der Waals surface area contributed by atoms with Gasteiger partial charge in [0.2, 0.25) is 0 Å². The lowest BCUT2D eigenvalue weighted by Crippen LogP contribution is -2.48. The van der Waals surface area contributed by atoms with E-state index in [1.165, 1.54) is 11.8 Å². The van der Waals surface area contributed by atoms with E-state index in [0.29, 0.717) is 13.0 Å². The summed E-state index contributed by atoms with van der Waals surface area (Å²) in [5, 5.41) is 8.70. The van der Waals surface area contributed by atoms with Gasteiger partial charge in [0.15, 0.2) is 0 Å². The van der Waals surface area contributed by atoms with Crippen molar-refractivity contribution in [3.63, 3.8) is 0 Å². The SMILES string of the molecule is CC(C(=O)O)N1CCCC(C(F)(F)F)C1. The van der Waals surface area contributed by atoms with Crippen LogP contribution in [0.4, 0.5) is 13.2 Å². The van der Waals surface area contributed by atoms with Crippen LogP contribution in [0.25, 0.3) is 0 Å². The van der Waals surface area contributed by atoms with Crippen LogP contribution in [0.3, 0.4) is 0 Å². The number of rotatable bonds is 2. The zero-order chi connectivity index (χ0) is 11.6. The van der Waals surface area contributed by atoms with Crippen LogP contribution in [0.5, 0.6) is 0 Å². The molecule has 1 N–H and O–H groups in total. The lowest BCUT2D eigenvalue weighted by atomic mass is 9.96. The summed E-state index contributed by atoms with van der Waals surface area (Å²) in [5.41, 5.74) is 0. The summed E-state index contributed by atoms with van der Waals surface area (Å²) in [7, 11) is 0. The van der Waals surface area contributed by atoms with Crippen molar-refractivity contribution >= 4 is 5.97 Å². The van der Waals surface area contributed by atoms with E-state index in [0.717, 1.165) is 0 Å². The van der Waals surface area contributed by atoms with Crippen molar-refractivity contribution in [2.45, 2.75) is 32.0 Å². The van der Waals surface area contributed by atoms with Crippen LogP contribution in [-0.2, 0) is 4.79 Å². The van der Waals surface area contributed by atoms with Gasteiger partial charge in [-0.3, -0.25) is 9.69 Å². The second-order valence-electron chi connectivity index (χ2n) is 3.89. The molecule has 1 fully saturated rings. The minimum atomic E-state index is -4.21. The number of hydrogen-bond donors (Lipinski definition) is 1. The van der Waals surface area contributed by atoms with Gasteiger partial charge >= 0.3 is 12.1 Å². The van der Waals surface area contributed by atoms with E-state index < -0.39 is 24.1 Å². The van der Waals surface area contributed by atoms with Gasteiger partial charge in [-0.05, 0) is 26.3 Å². The molecule has 1 rings (SSSR count). The molecule has 6 heteroatoms. The normalized spacial score (nSPS) is 26.3. The summed E-state index contributed by atoms with van der Waals surface area (Å²) < 4.78 is 37.2. The molecule has 1 aliphatic heterocycles. The van der Waals surface area contributed by atoms with Crippen molar-refractivity contribution in [2.24, 2.45) is 5.92 Å². The van der Waals surface area contributed by atoms with E-state index >= 15 is 0 Å². The molecule has 1 heterocycles. The Hall–Kier alpha value is -0.780. The van der Waals surface area contributed by atoms with Crippen LogP contribution >= 0.6 is 0 Å². The average Bonchev–Trinajstić information content (AvgIpc) is 2.15. The highest BCUT2D eigenvalue weighted by molar-refractivity contribution is 5.72. The van der Waals surface area contributed by atoms with Crippen LogP contribution < -0.4 is 0 Å². The molecule has 1 saturated heterocycles. The number of nitrogens with zero attached hydrogens (tertiary/aromatic N) is 1. The molecular formula is C9H14F3NO2. The molecule has 0 aliphatic carbocycles. The fourth-order valence-corrected chi connectivity index (χ4v) is 1.78. The average molecular weight is 225 g/mol. The fourth-order valence-electron chi connectivity index (χ4n) is 1.78. The van der Waals surface area contributed by atoms with Crippen molar-refractivity contribution in [3.8, 4) is 0 Å². The maximum absolute atomic E-state index is 12.4. The van der Waals surface area contributed by atoms with Gasteiger partial charge in [0.25, 0.3) is 0 Å². The molecule has 0 aromatic carbocycles. The molecule has 2 atom stereocenters. The van der Waals surface area contributed by atoms with E-state index in [9.17, 15) is 18.0 Å². The molecule has 0 amide bonds. The molecule has 0 spiro atoms. The van der Waals surface area contributed by atoms with Gasteiger partial charge in [0.05, 0.1) is 5.92 Å². The number of piperidine rings is 1. The standard InChI is InChI=1S/C9H14F3NO2/c1-6(8(14)15)13-4-2-3-7(5-13)9(10,11)12/h6-7H,2-5H2,1H3,(H,14,15). The first-order valence-corrected chi connectivity index (χ1v) is 4.86. The van der Waals surface area contributed by atoms with Crippen LogP contribution in [0.15, 0.2) is 0 Å². The molecule has 1 aliphatic rings. The van der Waals surface area contributed by atoms with Gasteiger partial charge in [0, 0.05) is 6.54 Å². The molecule has 15 heavy (non-hydrogen) atoms. The fraction of sp³-hybridized carbons (Fsp3) is 0.889. The maximum atomic E-state index is 12.4. The molecule has 3 nitrogen and oxygen atoms in total. The first-order chi connectivity index (χ1) is 6.82. The summed E-state index contributed by atoms with van der Waals surface area (Å²) in [6.07, 6.45) is -3.70. The Bertz CT molecular complexity index is 242. The quantitative estimate of drug-likeness (QED) is 0.778. The van der Waals surface area contributed by atoms with Gasteiger partial charge in [-0.15, -0.1) is 0 Å². The Balaban J connectivity index is 2.60. The molecule has 2 unspecified atom stereocenters. The van der Waals surface area contributed by atoms with E-state index in [-0.39, 0.29) is 13.0 Å². The molecule has 0 radical (unpaired) electrons. The van der Waals surface area contributed by atoms with Crippen LogP contribution in [0.2, 0.25) is 0 Å². The maximum Gasteiger partial charge on any atom is 0.393 e. The van der Waals surface area contributed by atoms with E-state index in [1.807, 2.05) is 0 Å². The Morgan fingerprint density at radius 2 is 2.13 bits per heavy atom. The Morgan fingerprint density at radius 3 is 2.60 bits per heavy atom. The summed E-state index contributed by atoms with van der Waals surface area (Å²) in [6, 6.07) is -0.838. The second kappa shape index (κ2) is 4.38. The number of carboxylic acid groups (broad SMARTS) is 1. The first kappa shape index (κ1) is 12.3. The van der Waals surface area contributed by atoms with Crippen molar-refractivity contribution < 1.29 is 23.1 Å². The highest BCUT2D eigenvalue weighted by Gasteiger charge is 2.43. The van der Waals surface area contributed by atoms with Gasteiger partial charge in [-0.25, -0.2) is 0 Å². The Kier molecular flexibility index (Phi) is 3.59. The molecule has 88 valence electrons. The van der Waals surface area contributed by atoms with E-state index in [1.54, 1.807) is 0 Å². The van der Waals surface area contributed by atoms with Gasteiger partial charge in [0.1, 0.15) is 6.04 Å². The third kappa shape index (κ3) is 3.09. The minimum Gasteiger partial charge on any atom is -0.480 e. The summed E-state index contributed by atoms with van der Waals surface area (Å²) in [5.74, 6) is -2.45. The van der Waals surface area contributed by atoms with Gasteiger partial charge in [-0.2, -0.15) is 13.2 Å². The second-order valence-corrected chi connectivity index (χ2v) is 3.89. The Labute approximate surface area is 85.9 Å². The number of carboxylic acids is 1. The van der Waals surface area contributed by atoms with Gasteiger partial charge < -0.3 is 5.11 Å². The zero-order valence-corrected chi connectivity index (χ0v) is 8.42. The third-order valence-electron chi connectivity index (χ3n) is 2.82. The highest BCUT2D eigenvalue weighted by Crippen LogP contribution is 2.33. The molecular weight excluding hydrogens is 211 g/mol. The van der Waals surface area contributed by atoms with E-state index in [4.69, 9.17) is 5.11 Å². The molecule has 0 aromatic heterocycles.